The third kappa shape index (κ3) is 5.21. The normalized spacial score (nSPS) is 23.3. The number of hydrogen-bond donors (Lipinski definition) is 1. The first-order valence-corrected chi connectivity index (χ1v) is 7.15. The molecule has 5 nitrogen and oxygen atoms in total. The van der Waals surface area contributed by atoms with Crippen LogP contribution in [-0.4, -0.2) is 63.1 Å². The van der Waals surface area contributed by atoms with E-state index in [1.165, 1.54) is 11.9 Å². The van der Waals surface area contributed by atoms with E-state index in [0.29, 0.717) is 6.42 Å². The Morgan fingerprint density at radius 3 is 2.50 bits per heavy atom. The number of alkyl halides is 3. The molecule has 1 rings (SSSR count). The lowest BCUT2D eigenvalue weighted by molar-refractivity contribution is -0.139. The minimum atomic E-state index is -4.44. The van der Waals surface area contributed by atoms with Crippen LogP contribution in [0, 0.1) is 0 Å². The molecule has 0 bridgehead atoms. The number of nitrogens with zero attached hydrogens (tertiary/aromatic N) is 1. The number of likely N-dealkylation sites (N-methyl/N-ethyl adjacent to an activating group) is 1. The maximum atomic E-state index is 11.8. The Balaban J connectivity index is 2.37. The Bertz CT molecular complexity index is 408. The molecule has 1 N–H and O–H groups in total. The predicted octanol–water partition coefficient (Wildman–Crippen LogP) is -0.216. The van der Waals surface area contributed by atoms with Crippen LogP contribution in [0.15, 0.2) is 0 Å². The number of carbonyl (C=O) groups is 1. The monoisotopic (exact) mass is 288 g/mol. The van der Waals surface area contributed by atoms with Crippen LogP contribution in [0.25, 0.3) is 0 Å². The van der Waals surface area contributed by atoms with E-state index in [1.807, 2.05) is 0 Å². The maximum Gasteiger partial charge on any atom is 0.405 e. The summed E-state index contributed by atoms with van der Waals surface area (Å²) in [6.07, 6.45) is -4.03. The lowest BCUT2D eigenvalue weighted by Crippen LogP contribution is -2.43. The highest BCUT2D eigenvalue weighted by Gasteiger charge is 2.32. The van der Waals surface area contributed by atoms with Crippen LogP contribution >= 0.6 is 0 Å². The molecule has 0 radical (unpaired) electrons. The molecule has 0 aromatic heterocycles. The van der Waals surface area contributed by atoms with E-state index in [-0.39, 0.29) is 24.1 Å². The summed E-state index contributed by atoms with van der Waals surface area (Å²) in [5.74, 6) is -0.749. The standard InChI is InChI=1S/C9H15F3N2O3S/c1-14(7-2-3-18(16,17)5-7)4-8(15)13-6-9(10,11)12/h7H,2-6H2,1H3,(H,13,15). The van der Waals surface area contributed by atoms with Gasteiger partial charge in [0.15, 0.2) is 9.84 Å². The van der Waals surface area contributed by atoms with Gasteiger partial charge in [0, 0.05) is 6.04 Å². The van der Waals surface area contributed by atoms with Crippen molar-refractivity contribution in [1.29, 1.82) is 0 Å². The highest BCUT2D eigenvalue weighted by molar-refractivity contribution is 7.91. The second-order valence-corrected chi connectivity index (χ2v) is 6.59. The molecule has 1 amide bonds. The fourth-order valence-electron chi connectivity index (χ4n) is 1.73. The zero-order chi connectivity index (χ0) is 14.0. The van der Waals surface area contributed by atoms with E-state index >= 15 is 0 Å². The molecule has 0 aliphatic carbocycles. The highest BCUT2D eigenvalue weighted by Crippen LogP contribution is 2.16. The van der Waals surface area contributed by atoms with Crippen molar-refractivity contribution in [2.75, 3.05) is 31.6 Å². The minimum Gasteiger partial charge on any atom is -0.346 e. The van der Waals surface area contributed by atoms with E-state index in [1.54, 1.807) is 5.32 Å². The molecule has 0 spiro atoms. The van der Waals surface area contributed by atoms with Crippen LogP contribution in [0.2, 0.25) is 0 Å². The topological polar surface area (TPSA) is 66.5 Å². The third-order valence-electron chi connectivity index (χ3n) is 2.71. The first-order chi connectivity index (χ1) is 8.09. The maximum absolute atomic E-state index is 11.8. The van der Waals surface area contributed by atoms with Gasteiger partial charge in [0.05, 0.1) is 18.1 Å². The Hall–Kier alpha value is -0.830. The Kier molecular flexibility index (Phi) is 4.60. The van der Waals surface area contributed by atoms with Crippen molar-refractivity contribution >= 4 is 15.7 Å². The summed E-state index contributed by atoms with van der Waals surface area (Å²) in [7, 11) is -1.54. The Morgan fingerprint density at radius 2 is 2.06 bits per heavy atom. The number of rotatable bonds is 4. The van der Waals surface area contributed by atoms with Crippen molar-refractivity contribution in [2.45, 2.75) is 18.6 Å². The average molecular weight is 288 g/mol. The molecule has 1 aliphatic rings. The van der Waals surface area contributed by atoms with Gasteiger partial charge in [0.1, 0.15) is 6.54 Å². The van der Waals surface area contributed by atoms with Gasteiger partial charge in [-0.2, -0.15) is 13.2 Å². The first-order valence-electron chi connectivity index (χ1n) is 5.33. The fourth-order valence-corrected chi connectivity index (χ4v) is 3.54. The Labute approximate surface area is 103 Å². The fraction of sp³-hybridized carbons (Fsp3) is 0.889. The van der Waals surface area contributed by atoms with Gasteiger partial charge in [0.2, 0.25) is 5.91 Å². The molecule has 18 heavy (non-hydrogen) atoms. The van der Waals surface area contributed by atoms with Crippen LogP contribution in [0.4, 0.5) is 13.2 Å². The summed E-state index contributed by atoms with van der Waals surface area (Å²) < 4.78 is 58.0. The smallest absolute Gasteiger partial charge is 0.346 e. The number of nitrogens with one attached hydrogen (secondary N) is 1. The summed E-state index contributed by atoms with van der Waals surface area (Å²) in [6, 6.07) is -0.299. The predicted molar refractivity (Wildman–Crippen MR) is 58.8 cm³/mol. The molecule has 1 unspecified atom stereocenters. The molecule has 1 heterocycles. The highest BCUT2D eigenvalue weighted by atomic mass is 32.2. The molecular formula is C9H15F3N2O3S. The number of hydrogen-bond acceptors (Lipinski definition) is 4. The van der Waals surface area contributed by atoms with Gasteiger partial charge in [-0.3, -0.25) is 9.69 Å². The quantitative estimate of drug-likeness (QED) is 0.777. The van der Waals surface area contributed by atoms with E-state index < -0.39 is 28.5 Å². The van der Waals surface area contributed by atoms with E-state index in [9.17, 15) is 26.4 Å². The van der Waals surface area contributed by atoms with Crippen LogP contribution < -0.4 is 5.32 Å². The molecule has 0 aromatic rings. The van der Waals surface area contributed by atoms with Gasteiger partial charge < -0.3 is 5.32 Å². The molecule has 106 valence electrons. The van der Waals surface area contributed by atoms with Gasteiger partial charge in [0.25, 0.3) is 0 Å². The van der Waals surface area contributed by atoms with Crippen molar-refractivity contribution in [3.8, 4) is 0 Å². The molecule has 0 aromatic carbocycles. The SMILES string of the molecule is CN(CC(=O)NCC(F)(F)F)C1CCS(=O)(=O)C1. The van der Waals surface area contributed by atoms with Gasteiger partial charge in [-0.1, -0.05) is 0 Å². The zero-order valence-corrected chi connectivity index (χ0v) is 10.6. The van der Waals surface area contributed by atoms with Crippen LogP contribution in [-0.2, 0) is 14.6 Å². The lowest BCUT2D eigenvalue weighted by atomic mass is 10.2. The number of carbonyl (C=O) groups excluding carboxylic acids is 1. The summed E-state index contributed by atoms with van der Waals surface area (Å²) in [5.41, 5.74) is 0. The van der Waals surface area contributed by atoms with Crippen LogP contribution in [0.1, 0.15) is 6.42 Å². The molecule has 1 fully saturated rings. The van der Waals surface area contributed by atoms with Gasteiger partial charge in [-0.05, 0) is 13.5 Å². The lowest BCUT2D eigenvalue weighted by Gasteiger charge is -2.22. The third-order valence-corrected chi connectivity index (χ3v) is 4.46. The second-order valence-electron chi connectivity index (χ2n) is 4.36. The molecular weight excluding hydrogens is 273 g/mol. The molecule has 1 atom stereocenters. The van der Waals surface area contributed by atoms with Crippen molar-refractivity contribution in [3.63, 3.8) is 0 Å². The molecule has 0 saturated carbocycles. The molecule has 1 saturated heterocycles. The van der Waals surface area contributed by atoms with Crippen molar-refractivity contribution < 1.29 is 26.4 Å². The van der Waals surface area contributed by atoms with Gasteiger partial charge in [-0.15, -0.1) is 0 Å². The number of sulfone groups is 1. The summed E-state index contributed by atoms with van der Waals surface area (Å²) in [6.45, 7) is -1.61. The number of halogens is 3. The first kappa shape index (κ1) is 15.2. The molecule has 1 aliphatic heterocycles. The largest absolute Gasteiger partial charge is 0.405 e. The van der Waals surface area contributed by atoms with Gasteiger partial charge in [-0.25, -0.2) is 8.42 Å². The summed E-state index contributed by atoms with van der Waals surface area (Å²) >= 11 is 0. The van der Waals surface area contributed by atoms with E-state index in [2.05, 4.69) is 0 Å². The minimum absolute atomic E-state index is 0.0456. The van der Waals surface area contributed by atoms with Crippen molar-refractivity contribution in [2.24, 2.45) is 0 Å². The molecule has 9 heteroatoms. The number of amides is 1. The van der Waals surface area contributed by atoms with Crippen LogP contribution in [0.3, 0.4) is 0 Å². The second kappa shape index (κ2) is 5.43. The average Bonchev–Trinajstić information content (AvgIpc) is 2.55. The zero-order valence-electron chi connectivity index (χ0n) is 9.83. The van der Waals surface area contributed by atoms with Crippen molar-refractivity contribution in [1.82, 2.24) is 10.2 Å². The van der Waals surface area contributed by atoms with Crippen molar-refractivity contribution in [3.05, 3.63) is 0 Å². The van der Waals surface area contributed by atoms with E-state index in [0.717, 1.165) is 0 Å². The van der Waals surface area contributed by atoms with Crippen LogP contribution in [0.5, 0.6) is 0 Å². The van der Waals surface area contributed by atoms with Gasteiger partial charge >= 0.3 is 6.18 Å². The summed E-state index contributed by atoms with van der Waals surface area (Å²) in [4.78, 5) is 12.7. The summed E-state index contributed by atoms with van der Waals surface area (Å²) in [5, 5.41) is 1.74. The van der Waals surface area contributed by atoms with E-state index in [4.69, 9.17) is 0 Å². The Morgan fingerprint density at radius 1 is 1.44 bits per heavy atom.